The van der Waals surface area contributed by atoms with E-state index in [1.165, 1.54) is 12.8 Å². The second-order valence-electron chi connectivity index (χ2n) is 4.19. The fourth-order valence-corrected chi connectivity index (χ4v) is 2.30. The van der Waals surface area contributed by atoms with Gasteiger partial charge in [-0.2, -0.15) is 0 Å². The van der Waals surface area contributed by atoms with E-state index in [9.17, 15) is 4.79 Å². The van der Waals surface area contributed by atoms with E-state index in [2.05, 4.69) is 6.58 Å². The monoisotopic (exact) mass is 210 g/mol. The van der Waals surface area contributed by atoms with Gasteiger partial charge in [-0.05, 0) is 26.2 Å². The SMILES string of the molecule is C=CCC(N)C(=O)N(CC)C1CCCC1. The molecule has 0 aromatic rings. The molecule has 0 radical (unpaired) electrons. The number of rotatable bonds is 5. The Balaban J connectivity index is 2.56. The molecule has 0 heterocycles. The number of likely N-dealkylation sites (N-methyl/N-ethyl adjacent to an activating group) is 1. The standard InChI is InChI=1S/C12H22N2O/c1-3-7-11(13)12(15)14(4-2)10-8-5-6-9-10/h3,10-11H,1,4-9,13H2,2H3. The van der Waals surface area contributed by atoms with Gasteiger partial charge in [0.1, 0.15) is 0 Å². The van der Waals surface area contributed by atoms with Crippen LogP contribution in [0.1, 0.15) is 39.0 Å². The number of amides is 1. The highest BCUT2D eigenvalue weighted by Gasteiger charge is 2.27. The summed E-state index contributed by atoms with van der Waals surface area (Å²) in [6.07, 6.45) is 7.05. The largest absolute Gasteiger partial charge is 0.339 e. The van der Waals surface area contributed by atoms with Crippen LogP contribution in [0.15, 0.2) is 12.7 Å². The van der Waals surface area contributed by atoms with Gasteiger partial charge in [-0.25, -0.2) is 0 Å². The Morgan fingerprint density at radius 3 is 2.67 bits per heavy atom. The first-order chi connectivity index (χ1) is 7.20. The van der Waals surface area contributed by atoms with Crippen molar-refractivity contribution in [3.8, 4) is 0 Å². The Hall–Kier alpha value is -0.830. The first kappa shape index (κ1) is 12.2. The topological polar surface area (TPSA) is 46.3 Å². The van der Waals surface area contributed by atoms with Crippen molar-refractivity contribution < 1.29 is 4.79 Å². The Kier molecular flexibility index (Phi) is 4.82. The quantitative estimate of drug-likeness (QED) is 0.702. The average Bonchev–Trinajstić information content (AvgIpc) is 2.72. The van der Waals surface area contributed by atoms with Crippen molar-refractivity contribution in [1.29, 1.82) is 0 Å². The normalized spacial score (nSPS) is 18.8. The molecule has 1 saturated carbocycles. The van der Waals surface area contributed by atoms with Gasteiger partial charge in [0.25, 0.3) is 0 Å². The van der Waals surface area contributed by atoms with Gasteiger partial charge in [-0.3, -0.25) is 4.79 Å². The third kappa shape index (κ3) is 3.06. The van der Waals surface area contributed by atoms with Gasteiger partial charge in [0.05, 0.1) is 6.04 Å². The second kappa shape index (κ2) is 5.91. The third-order valence-electron chi connectivity index (χ3n) is 3.13. The molecule has 2 N–H and O–H groups in total. The molecule has 15 heavy (non-hydrogen) atoms. The minimum Gasteiger partial charge on any atom is -0.339 e. The van der Waals surface area contributed by atoms with E-state index in [1.54, 1.807) is 6.08 Å². The second-order valence-corrected chi connectivity index (χ2v) is 4.19. The van der Waals surface area contributed by atoms with Crippen molar-refractivity contribution in [3.05, 3.63) is 12.7 Å². The van der Waals surface area contributed by atoms with Crippen molar-refractivity contribution in [1.82, 2.24) is 4.90 Å². The van der Waals surface area contributed by atoms with E-state index < -0.39 is 6.04 Å². The number of hydrogen-bond donors (Lipinski definition) is 1. The predicted octanol–water partition coefficient (Wildman–Crippen LogP) is 1.68. The van der Waals surface area contributed by atoms with Crippen LogP contribution in [-0.4, -0.2) is 29.4 Å². The number of carbonyl (C=O) groups is 1. The first-order valence-corrected chi connectivity index (χ1v) is 5.87. The summed E-state index contributed by atoms with van der Waals surface area (Å²) >= 11 is 0. The molecule has 1 fully saturated rings. The van der Waals surface area contributed by atoms with Crippen molar-refractivity contribution in [3.63, 3.8) is 0 Å². The van der Waals surface area contributed by atoms with Crippen LogP contribution < -0.4 is 5.73 Å². The van der Waals surface area contributed by atoms with Crippen molar-refractivity contribution in [2.75, 3.05) is 6.54 Å². The van der Waals surface area contributed by atoms with Crippen LogP contribution in [0.3, 0.4) is 0 Å². The van der Waals surface area contributed by atoms with Crippen molar-refractivity contribution >= 4 is 5.91 Å². The van der Waals surface area contributed by atoms with E-state index in [0.717, 1.165) is 19.4 Å². The van der Waals surface area contributed by atoms with Crippen LogP contribution in [0.25, 0.3) is 0 Å². The summed E-state index contributed by atoms with van der Waals surface area (Å²) in [5.74, 6) is 0.0873. The van der Waals surface area contributed by atoms with Crippen LogP contribution in [0.5, 0.6) is 0 Å². The Morgan fingerprint density at radius 2 is 2.20 bits per heavy atom. The zero-order valence-corrected chi connectivity index (χ0v) is 9.61. The summed E-state index contributed by atoms with van der Waals surface area (Å²) < 4.78 is 0. The predicted molar refractivity (Wildman–Crippen MR) is 62.4 cm³/mol. The van der Waals surface area contributed by atoms with E-state index in [-0.39, 0.29) is 5.91 Å². The Morgan fingerprint density at radius 1 is 1.60 bits per heavy atom. The van der Waals surface area contributed by atoms with Crippen molar-refractivity contribution in [2.24, 2.45) is 5.73 Å². The van der Waals surface area contributed by atoms with E-state index >= 15 is 0 Å². The Bertz CT molecular complexity index is 222. The first-order valence-electron chi connectivity index (χ1n) is 5.87. The number of carbonyl (C=O) groups excluding carboxylic acids is 1. The minimum atomic E-state index is -0.400. The molecule has 0 aromatic heterocycles. The van der Waals surface area contributed by atoms with Gasteiger partial charge in [-0.1, -0.05) is 18.9 Å². The van der Waals surface area contributed by atoms with E-state index in [1.807, 2.05) is 11.8 Å². The highest BCUT2D eigenvalue weighted by molar-refractivity contribution is 5.82. The molecule has 0 bridgehead atoms. The summed E-state index contributed by atoms with van der Waals surface area (Å²) in [5, 5.41) is 0. The van der Waals surface area contributed by atoms with Gasteiger partial charge in [0.2, 0.25) is 5.91 Å². The maximum Gasteiger partial charge on any atom is 0.240 e. The molecule has 0 saturated heterocycles. The fourth-order valence-electron chi connectivity index (χ4n) is 2.30. The van der Waals surface area contributed by atoms with Gasteiger partial charge in [-0.15, -0.1) is 6.58 Å². The molecule has 3 nitrogen and oxygen atoms in total. The molecule has 86 valence electrons. The lowest BCUT2D eigenvalue weighted by Gasteiger charge is -2.29. The fraction of sp³-hybridized carbons (Fsp3) is 0.750. The zero-order valence-electron chi connectivity index (χ0n) is 9.61. The summed E-state index contributed by atoms with van der Waals surface area (Å²) in [4.78, 5) is 13.9. The van der Waals surface area contributed by atoms with Crippen LogP contribution in [0.4, 0.5) is 0 Å². The minimum absolute atomic E-state index is 0.0873. The molecule has 1 amide bonds. The molecule has 1 unspecified atom stereocenters. The van der Waals surface area contributed by atoms with Crippen LogP contribution >= 0.6 is 0 Å². The molecule has 0 aliphatic heterocycles. The third-order valence-corrected chi connectivity index (χ3v) is 3.13. The molecule has 1 aliphatic rings. The maximum atomic E-state index is 12.0. The van der Waals surface area contributed by atoms with E-state index in [0.29, 0.717) is 12.5 Å². The van der Waals surface area contributed by atoms with Gasteiger partial charge < -0.3 is 10.6 Å². The molecule has 1 aliphatic carbocycles. The van der Waals surface area contributed by atoms with Crippen LogP contribution in [-0.2, 0) is 4.79 Å². The lowest BCUT2D eigenvalue weighted by atomic mass is 10.1. The average molecular weight is 210 g/mol. The maximum absolute atomic E-state index is 12.0. The zero-order chi connectivity index (χ0) is 11.3. The highest BCUT2D eigenvalue weighted by Crippen LogP contribution is 2.23. The summed E-state index contributed by atoms with van der Waals surface area (Å²) in [5.41, 5.74) is 5.81. The van der Waals surface area contributed by atoms with Gasteiger partial charge in [0.15, 0.2) is 0 Å². The molecular formula is C12H22N2O. The van der Waals surface area contributed by atoms with E-state index in [4.69, 9.17) is 5.73 Å². The summed E-state index contributed by atoms with van der Waals surface area (Å²) in [6, 6.07) is 0.0291. The van der Waals surface area contributed by atoms with Gasteiger partial charge >= 0.3 is 0 Å². The molecule has 1 atom stereocenters. The molecule has 1 rings (SSSR count). The molecule has 0 aromatic carbocycles. The van der Waals surface area contributed by atoms with Crippen molar-refractivity contribution in [2.45, 2.75) is 51.1 Å². The highest BCUT2D eigenvalue weighted by atomic mass is 16.2. The lowest BCUT2D eigenvalue weighted by molar-refractivity contribution is -0.134. The number of nitrogens with zero attached hydrogens (tertiary/aromatic N) is 1. The van der Waals surface area contributed by atoms with Crippen LogP contribution in [0, 0.1) is 0 Å². The lowest BCUT2D eigenvalue weighted by Crippen LogP contribution is -2.47. The van der Waals surface area contributed by atoms with Gasteiger partial charge in [0, 0.05) is 12.6 Å². The molecule has 0 spiro atoms. The number of hydrogen-bond acceptors (Lipinski definition) is 2. The Labute approximate surface area is 92.3 Å². The van der Waals surface area contributed by atoms with Crippen LogP contribution in [0.2, 0.25) is 0 Å². The smallest absolute Gasteiger partial charge is 0.240 e. The summed E-state index contributed by atoms with van der Waals surface area (Å²) in [7, 11) is 0. The molecule has 3 heteroatoms. The summed E-state index contributed by atoms with van der Waals surface area (Å²) in [6.45, 7) is 6.41. The molecular weight excluding hydrogens is 188 g/mol. The number of nitrogens with two attached hydrogens (primary N) is 1.